The Morgan fingerprint density at radius 2 is 1.88 bits per heavy atom. The van der Waals surface area contributed by atoms with E-state index >= 15 is 0 Å². The average Bonchev–Trinajstić information content (AvgIpc) is 2.99. The molecule has 0 N–H and O–H groups in total. The largest absolute Gasteiger partial charge is 0.378 e. The van der Waals surface area contributed by atoms with Crippen LogP contribution in [-0.2, 0) is 14.3 Å². The summed E-state index contributed by atoms with van der Waals surface area (Å²) in [4.78, 5) is 31.9. The molecule has 1 unspecified atom stereocenters. The van der Waals surface area contributed by atoms with Crippen molar-refractivity contribution in [3.05, 3.63) is 0 Å². The molecule has 0 bridgehead atoms. The maximum absolute atomic E-state index is 13.1. The fourth-order valence-electron chi connectivity index (χ4n) is 4.89. The van der Waals surface area contributed by atoms with E-state index in [-0.39, 0.29) is 11.3 Å². The molecule has 4 rings (SSSR count). The highest BCUT2D eigenvalue weighted by atomic mass is 16.5. The van der Waals surface area contributed by atoms with Gasteiger partial charge in [-0.1, -0.05) is 6.42 Å². The topological polar surface area (TPSA) is 53.1 Å². The minimum absolute atomic E-state index is 0.190. The first-order chi connectivity index (χ1) is 12.2. The van der Waals surface area contributed by atoms with Crippen molar-refractivity contribution in [2.45, 2.75) is 38.5 Å². The number of piperidine rings is 1. The van der Waals surface area contributed by atoms with Crippen molar-refractivity contribution in [2.24, 2.45) is 11.3 Å². The Morgan fingerprint density at radius 3 is 2.60 bits per heavy atom. The monoisotopic (exact) mass is 349 g/mol. The van der Waals surface area contributed by atoms with Gasteiger partial charge in [-0.15, -0.1) is 0 Å². The number of nitrogens with zero attached hydrogens (tertiary/aromatic N) is 3. The molecule has 6 nitrogen and oxygen atoms in total. The van der Waals surface area contributed by atoms with Crippen molar-refractivity contribution < 1.29 is 14.3 Å². The van der Waals surface area contributed by atoms with Gasteiger partial charge < -0.3 is 14.5 Å². The van der Waals surface area contributed by atoms with E-state index in [0.717, 1.165) is 51.4 Å². The second-order valence-corrected chi connectivity index (χ2v) is 8.39. The molecule has 6 heteroatoms. The van der Waals surface area contributed by atoms with Crippen LogP contribution in [0.2, 0.25) is 0 Å². The number of rotatable bonds is 4. The first-order valence-corrected chi connectivity index (χ1v) is 10.0. The van der Waals surface area contributed by atoms with Crippen molar-refractivity contribution >= 4 is 11.8 Å². The van der Waals surface area contributed by atoms with E-state index < -0.39 is 0 Å². The summed E-state index contributed by atoms with van der Waals surface area (Å²) in [6, 6.07) is 0. The summed E-state index contributed by atoms with van der Waals surface area (Å²) in [6.45, 7) is 6.68. The number of carbonyl (C=O) groups is 2. The van der Waals surface area contributed by atoms with Gasteiger partial charge in [0.25, 0.3) is 0 Å². The summed E-state index contributed by atoms with van der Waals surface area (Å²) < 4.78 is 5.32. The van der Waals surface area contributed by atoms with Crippen molar-refractivity contribution in [2.75, 3.05) is 59.0 Å². The van der Waals surface area contributed by atoms with Gasteiger partial charge >= 0.3 is 0 Å². The van der Waals surface area contributed by atoms with Crippen LogP contribution in [0.15, 0.2) is 0 Å². The second-order valence-electron chi connectivity index (χ2n) is 8.39. The van der Waals surface area contributed by atoms with Crippen LogP contribution in [0, 0.1) is 11.3 Å². The Hall–Kier alpha value is -1.14. The van der Waals surface area contributed by atoms with Crippen LogP contribution < -0.4 is 0 Å². The minimum Gasteiger partial charge on any atom is -0.378 e. The van der Waals surface area contributed by atoms with Crippen LogP contribution >= 0.6 is 0 Å². The van der Waals surface area contributed by atoms with Crippen molar-refractivity contribution in [3.63, 3.8) is 0 Å². The van der Waals surface area contributed by atoms with Crippen molar-refractivity contribution in [1.29, 1.82) is 0 Å². The number of likely N-dealkylation sites (tertiary alicyclic amines) is 2. The maximum atomic E-state index is 13.1. The van der Waals surface area contributed by atoms with E-state index in [1.807, 2.05) is 4.90 Å². The molecule has 3 aliphatic heterocycles. The predicted octanol–water partition coefficient (Wildman–Crippen LogP) is 0.960. The number of morpholine rings is 1. The van der Waals surface area contributed by atoms with Crippen LogP contribution in [0.1, 0.15) is 38.5 Å². The summed E-state index contributed by atoms with van der Waals surface area (Å²) in [6.07, 6.45) is 6.94. The van der Waals surface area contributed by atoms with Crippen molar-refractivity contribution in [3.8, 4) is 0 Å². The van der Waals surface area contributed by atoms with Gasteiger partial charge in [-0.3, -0.25) is 14.5 Å². The fourth-order valence-corrected chi connectivity index (χ4v) is 4.89. The highest BCUT2D eigenvalue weighted by molar-refractivity contribution is 5.84. The molecule has 1 spiro atoms. The molecular weight excluding hydrogens is 318 g/mol. The molecular formula is C19H31N3O3. The molecule has 25 heavy (non-hydrogen) atoms. The Bertz CT molecular complexity index is 516. The van der Waals surface area contributed by atoms with Crippen LogP contribution in [-0.4, -0.2) is 85.5 Å². The van der Waals surface area contributed by atoms with E-state index in [1.54, 1.807) is 0 Å². The molecule has 1 aliphatic carbocycles. The first-order valence-electron chi connectivity index (χ1n) is 10.0. The van der Waals surface area contributed by atoms with E-state index in [9.17, 15) is 9.59 Å². The van der Waals surface area contributed by atoms with E-state index in [1.165, 1.54) is 19.3 Å². The summed E-state index contributed by atoms with van der Waals surface area (Å²) in [7, 11) is 0. The van der Waals surface area contributed by atoms with E-state index in [0.29, 0.717) is 38.8 Å². The zero-order chi connectivity index (χ0) is 17.3. The maximum Gasteiger partial charge on any atom is 0.236 e. The van der Waals surface area contributed by atoms with Gasteiger partial charge in [-0.05, 0) is 44.6 Å². The van der Waals surface area contributed by atoms with Gasteiger partial charge in [0, 0.05) is 32.7 Å². The number of amides is 2. The van der Waals surface area contributed by atoms with Crippen LogP contribution in [0.25, 0.3) is 0 Å². The Kier molecular flexibility index (Phi) is 5.00. The van der Waals surface area contributed by atoms with Gasteiger partial charge in [-0.25, -0.2) is 0 Å². The lowest BCUT2D eigenvalue weighted by Gasteiger charge is -2.42. The molecule has 140 valence electrons. The van der Waals surface area contributed by atoms with Gasteiger partial charge in [0.15, 0.2) is 0 Å². The molecule has 0 aromatic heterocycles. The minimum atomic E-state index is -0.215. The molecule has 2 amide bonds. The molecule has 4 fully saturated rings. The lowest BCUT2D eigenvalue weighted by atomic mass is 9.77. The number of hydrogen-bond acceptors (Lipinski definition) is 4. The third-order valence-electron chi connectivity index (χ3n) is 6.68. The van der Waals surface area contributed by atoms with Gasteiger partial charge in [0.2, 0.25) is 11.8 Å². The SMILES string of the molecule is O=C(CN1CCC2(CCCN(CC3CCC3)C2=O)C1)N1CCOCC1. The van der Waals surface area contributed by atoms with E-state index in [4.69, 9.17) is 4.74 Å². The Morgan fingerprint density at radius 1 is 1.08 bits per heavy atom. The third-order valence-corrected chi connectivity index (χ3v) is 6.68. The molecule has 3 heterocycles. The Balaban J connectivity index is 1.33. The third kappa shape index (κ3) is 3.56. The molecule has 1 atom stereocenters. The summed E-state index contributed by atoms with van der Waals surface area (Å²) >= 11 is 0. The second kappa shape index (κ2) is 7.23. The molecule has 0 radical (unpaired) electrons. The van der Waals surface area contributed by atoms with Crippen LogP contribution in [0.4, 0.5) is 0 Å². The molecule has 3 saturated heterocycles. The van der Waals surface area contributed by atoms with Gasteiger partial charge in [-0.2, -0.15) is 0 Å². The molecule has 1 saturated carbocycles. The normalized spacial score (nSPS) is 31.6. The summed E-state index contributed by atoms with van der Waals surface area (Å²) in [5.74, 6) is 1.29. The number of hydrogen-bond donors (Lipinski definition) is 0. The van der Waals surface area contributed by atoms with Crippen molar-refractivity contribution in [1.82, 2.24) is 14.7 Å². The van der Waals surface area contributed by atoms with Gasteiger partial charge in [0.05, 0.1) is 25.2 Å². The molecule has 0 aromatic rings. The fraction of sp³-hybridized carbons (Fsp3) is 0.895. The van der Waals surface area contributed by atoms with Gasteiger partial charge in [0.1, 0.15) is 0 Å². The first kappa shape index (κ1) is 17.3. The number of carbonyl (C=O) groups excluding carboxylic acids is 2. The molecule has 0 aromatic carbocycles. The summed E-state index contributed by atoms with van der Waals surface area (Å²) in [5.41, 5.74) is -0.215. The lowest BCUT2D eigenvalue weighted by Crippen LogP contribution is -2.52. The Labute approximate surface area is 150 Å². The van der Waals surface area contributed by atoms with E-state index in [2.05, 4.69) is 9.80 Å². The molecule has 4 aliphatic rings. The highest BCUT2D eigenvalue weighted by Gasteiger charge is 2.48. The quantitative estimate of drug-likeness (QED) is 0.759. The standard InChI is InChI=1S/C19H31N3O3/c23-17(21-9-11-25-12-10-21)14-20-8-6-19(15-20)5-2-7-22(18(19)24)13-16-3-1-4-16/h16H,1-15H2. The zero-order valence-electron chi connectivity index (χ0n) is 15.3. The van der Waals surface area contributed by atoms with Crippen LogP contribution in [0.5, 0.6) is 0 Å². The zero-order valence-corrected chi connectivity index (χ0v) is 15.3. The average molecular weight is 349 g/mol. The number of ether oxygens (including phenoxy) is 1. The lowest BCUT2D eigenvalue weighted by molar-refractivity contribution is -0.147. The van der Waals surface area contributed by atoms with Crippen LogP contribution in [0.3, 0.4) is 0 Å². The predicted molar refractivity (Wildman–Crippen MR) is 94.0 cm³/mol. The highest BCUT2D eigenvalue weighted by Crippen LogP contribution is 2.41. The summed E-state index contributed by atoms with van der Waals surface area (Å²) in [5, 5.41) is 0. The smallest absolute Gasteiger partial charge is 0.236 e.